The summed E-state index contributed by atoms with van der Waals surface area (Å²) in [4.78, 5) is 32.9. The van der Waals surface area contributed by atoms with Gasteiger partial charge in [0.2, 0.25) is 0 Å². The third-order valence-corrected chi connectivity index (χ3v) is 5.86. The van der Waals surface area contributed by atoms with E-state index in [4.69, 9.17) is 4.74 Å². The number of benzene rings is 1. The number of rotatable bonds is 6. The molecule has 0 saturated carbocycles. The summed E-state index contributed by atoms with van der Waals surface area (Å²) in [5, 5.41) is 0. The lowest BCUT2D eigenvalue weighted by atomic mass is 9.97. The van der Waals surface area contributed by atoms with E-state index < -0.39 is 23.2 Å². The maximum absolute atomic E-state index is 12.9. The fourth-order valence-electron chi connectivity index (χ4n) is 3.88. The van der Waals surface area contributed by atoms with Gasteiger partial charge in [-0.2, -0.15) is 13.2 Å². The third-order valence-electron chi connectivity index (χ3n) is 5.86. The standard InChI is InChI=1S/C25H30F3N3O3/c1-24(2,3)31(16-18-7-5-4-6-8-18)22(32)17-34-23(33)19-11-13-30(14-12-19)21-10-9-20(15-29-21)25(26,27)28/h4-10,15,19H,11-14,16-17H2,1-3H3. The van der Waals surface area contributed by atoms with Crippen molar-refractivity contribution in [1.82, 2.24) is 9.88 Å². The summed E-state index contributed by atoms with van der Waals surface area (Å²) in [5.41, 5.74) is -0.253. The molecule has 2 heterocycles. The summed E-state index contributed by atoms with van der Waals surface area (Å²) in [6.45, 7) is 6.81. The molecule has 1 aromatic carbocycles. The van der Waals surface area contributed by atoms with Crippen LogP contribution in [0.1, 0.15) is 44.7 Å². The van der Waals surface area contributed by atoms with E-state index in [0.717, 1.165) is 17.8 Å². The normalized spacial score (nSPS) is 15.2. The zero-order valence-electron chi connectivity index (χ0n) is 19.6. The van der Waals surface area contributed by atoms with Gasteiger partial charge in [-0.15, -0.1) is 0 Å². The molecule has 0 aliphatic carbocycles. The highest BCUT2D eigenvalue weighted by Crippen LogP contribution is 2.30. The van der Waals surface area contributed by atoms with Crippen LogP contribution >= 0.6 is 0 Å². The fraction of sp³-hybridized carbons (Fsp3) is 0.480. The molecule has 0 atom stereocenters. The average molecular weight is 478 g/mol. The van der Waals surface area contributed by atoms with Gasteiger partial charge in [0.1, 0.15) is 5.82 Å². The highest BCUT2D eigenvalue weighted by atomic mass is 19.4. The van der Waals surface area contributed by atoms with E-state index in [-0.39, 0.29) is 18.4 Å². The number of pyridine rings is 1. The second kappa shape index (κ2) is 10.4. The van der Waals surface area contributed by atoms with Crippen molar-refractivity contribution in [2.45, 2.75) is 51.9 Å². The molecule has 1 fully saturated rings. The Morgan fingerprint density at radius 1 is 1.06 bits per heavy atom. The number of carbonyl (C=O) groups excluding carboxylic acids is 2. The van der Waals surface area contributed by atoms with Crippen molar-refractivity contribution >= 4 is 17.7 Å². The third kappa shape index (κ3) is 6.71. The molecule has 6 nitrogen and oxygen atoms in total. The maximum Gasteiger partial charge on any atom is 0.417 e. The van der Waals surface area contributed by atoms with E-state index in [2.05, 4.69) is 4.98 Å². The summed E-state index contributed by atoms with van der Waals surface area (Å²) in [6.07, 6.45) is -2.66. The molecular weight excluding hydrogens is 447 g/mol. The second-order valence-electron chi connectivity index (χ2n) is 9.41. The number of hydrogen-bond acceptors (Lipinski definition) is 5. The molecule has 1 aromatic heterocycles. The first-order chi connectivity index (χ1) is 15.9. The smallest absolute Gasteiger partial charge is 0.417 e. The predicted molar refractivity (Wildman–Crippen MR) is 122 cm³/mol. The number of hydrogen-bond donors (Lipinski definition) is 0. The minimum absolute atomic E-state index is 0.268. The monoisotopic (exact) mass is 477 g/mol. The molecule has 0 N–H and O–H groups in total. The van der Waals surface area contributed by atoms with E-state index >= 15 is 0 Å². The molecule has 1 aliphatic heterocycles. The Labute approximate surface area is 197 Å². The van der Waals surface area contributed by atoms with Crippen molar-refractivity contribution in [2.24, 2.45) is 5.92 Å². The van der Waals surface area contributed by atoms with Crippen molar-refractivity contribution in [2.75, 3.05) is 24.6 Å². The lowest BCUT2D eigenvalue weighted by Gasteiger charge is -2.36. The van der Waals surface area contributed by atoms with Crippen molar-refractivity contribution in [3.8, 4) is 0 Å². The van der Waals surface area contributed by atoms with Crippen LogP contribution in [0.15, 0.2) is 48.7 Å². The number of nitrogens with zero attached hydrogens (tertiary/aromatic N) is 3. The van der Waals surface area contributed by atoms with Gasteiger partial charge in [-0.25, -0.2) is 4.98 Å². The van der Waals surface area contributed by atoms with E-state index in [0.29, 0.717) is 38.3 Å². The van der Waals surface area contributed by atoms with Gasteiger partial charge in [-0.1, -0.05) is 30.3 Å². The van der Waals surface area contributed by atoms with E-state index in [1.54, 1.807) is 4.90 Å². The molecular formula is C25H30F3N3O3. The summed E-state index contributed by atoms with van der Waals surface area (Å²) >= 11 is 0. The van der Waals surface area contributed by atoms with Crippen LogP contribution in [0.25, 0.3) is 0 Å². The van der Waals surface area contributed by atoms with Crippen LogP contribution in [0.3, 0.4) is 0 Å². The number of carbonyl (C=O) groups is 2. The lowest BCUT2D eigenvalue weighted by molar-refractivity contribution is -0.158. The average Bonchev–Trinajstić information content (AvgIpc) is 2.80. The van der Waals surface area contributed by atoms with Crippen molar-refractivity contribution < 1.29 is 27.5 Å². The number of ether oxygens (including phenoxy) is 1. The van der Waals surface area contributed by atoms with E-state index in [1.165, 1.54) is 6.07 Å². The maximum atomic E-state index is 12.9. The van der Waals surface area contributed by atoms with Crippen molar-refractivity contribution in [3.63, 3.8) is 0 Å². The SMILES string of the molecule is CC(C)(C)N(Cc1ccccc1)C(=O)COC(=O)C1CCN(c2ccc(C(F)(F)F)cn2)CC1. The molecule has 1 amide bonds. The molecule has 184 valence electrons. The molecule has 34 heavy (non-hydrogen) atoms. The topological polar surface area (TPSA) is 62.7 Å². The largest absolute Gasteiger partial charge is 0.455 e. The Kier molecular flexibility index (Phi) is 7.84. The van der Waals surface area contributed by atoms with Gasteiger partial charge in [0.25, 0.3) is 5.91 Å². The van der Waals surface area contributed by atoms with Crippen molar-refractivity contribution in [1.29, 1.82) is 0 Å². The van der Waals surface area contributed by atoms with E-state index in [1.807, 2.05) is 56.0 Å². The highest BCUT2D eigenvalue weighted by Gasteiger charge is 2.32. The Morgan fingerprint density at radius 3 is 2.24 bits per heavy atom. The molecule has 0 spiro atoms. The molecule has 0 unspecified atom stereocenters. The summed E-state index contributed by atoms with van der Waals surface area (Å²) in [6, 6.07) is 12.0. The number of esters is 1. The Morgan fingerprint density at radius 2 is 1.71 bits per heavy atom. The van der Waals surface area contributed by atoms with Crippen LogP contribution in [0.5, 0.6) is 0 Å². The van der Waals surface area contributed by atoms with Crippen LogP contribution in [0.2, 0.25) is 0 Å². The first kappa shape index (κ1) is 25.5. The lowest BCUT2D eigenvalue weighted by Crippen LogP contribution is -2.47. The Hall–Kier alpha value is -3.10. The zero-order valence-corrected chi connectivity index (χ0v) is 19.6. The highest BCUT2D eigenvalue weighted by molar-refractivity contribution is 5.82. The Balaban J connectivity index is 1.51. The first-order valence-electron chi connectivity index (χ1n) is 11.2. The number of aromatic nitrogens is 1. The van der Waals surface area contributed by atoms with Crippen LogP contribution in [0.4, 0.5) is 19.0 Å². The Bertz CT molecular complexity index is 965. The van der Waals surface area contributed by atoms with Gasteiger partial charge in [0.05, 0.1) is 11.5 Å². The van der Waals surface area contributed by atoms with Gasteiger partial charge in [-0.05, 0) is 51.3 Å². The predicted octanol–water partition coefficient (Wildman–Crippen LogP) is 4.69. The summed E-state index contributed by atoms with van der Waals surface area (Å²) in [5.74, 6) is -0.620. The molecule has 0 radical (unpaired) electrons. The molecule has 1 aliphatic rings. The van der Waals surface area contributed by atoms with Gasteiger partial charge < -0.3 is 14.5 Å². The molecule has 2 aromatic rings. The fourth-order valence-corrected chi connectivity index (χ4v) is 3.88. The van der Waals surface area contributed by atoms with E-state index in [9.17, 15) is 22.8 Å². The molecule has 3 rings (SSSR count). The molecule has 1 saturated heterocycles. The first-order valence-corrected chi connectivity index (χ1v) is 11.2. The van der Waals surface area contributed by atoms with Crippen molar-refractivity contribution in [3.05, 3.63) is 59.8 Å². The second-order valence-corrected chi connectivity index (χ2v) is 9.41. The van der Waals surface area contributed by atoms with Crippen LogP contribution in [0, 0.1) is 5.92 Å². The number of halogens is 3. The van der Waals surface area contributed by atoms with Gasteiger partial charge in [0.15, 0.2) is 6.61 Å². The quantitative estimate of drug-likeness (QED) is 0.565. The van der Waals surface area contributed by atoms with Gasteiger partial charge >= 0.3 is 12.1 Å². The summed E-state index contributed by atoms with van der Waals surface area (Å²) < 4.78 is 43.5. The minimum atomic E-state index is -4.43. The minimum Gasteiger partial charge on any atom is -0.455 e. The van der Waals surface area contributed by atoms with Crippen LogP contribution < -0.4 is 4.90 Å². The molecule has 9 heteroatoms. The number of amides is 1. The van der Waals surface area contributed by atoms with Crippen LogP contribution in [-0.2, 0) is 27.0 Å². The number of piperidine rings is 1. The number of alkyl halides is 3. The van der Waals surface area contributed by atoms with Crippen LogP contribution in [-0.4, -0.2) is 47.0 Å². The molecule has 0 bridgehead atoms. The number of anilines is 1. The summed E-state index contributed by atoms with van der Waals surface area (Å²) in [7, 11) is 0. The zero-order chi connectivity index (χ0) is 24.9. The van der Waals surface area contributed by atoms with Gasteiger partial charge in [0, 0.05) is 31.4 Å². The van der Waals surface area contributed by atoms with Gasteiger partial charge in [-0.3, -0.25) is 9.59 Å².